The number of hydrogen-bond acceptors (Lipinski definition) is 7. The van der Waals surface area contributed by atoms with Crippen LogP contribution in [0.1, 0.15) is 29.0 Å². The quantitative estimate of drug-likeness (QED) is 0.278. The van der Waals surface area contributed by atoms with E-state index in [2.05, 4.69) is 15.0 Å². The van der Waals surface area contributed by atoms with Crippen molar-refractivity contribution in [2.45, 2.75) is 20.0 Å². The minimum Gasteiger partial charge on any atom is -0.507 e. The van der Waals surface area contributed by atoms with Crippen LogP contribution < -0.4 is 0 Å². The standard InChI is InChI=1S/C23H18N4O4/c1-13-19(27-22(30-13)15-8-4-3-5-9-15)23(29)31-14(2)20(28)16(12-24)21-25-17-10-6-7-11-18(17)26-21/h3-11,14,28H,1-2H3,(H,25,26)/b20-16-/t14-/m0/s1. The van der Waals surface area contributed by atoms with Crippen molar-refractivity contribution < 1.29 is 19.1 Å². The minimum atomic E-state index is -1.10. The van der Waals surface area contributed by atoms with Crippen LogP contribution in [0.15, 0.2) is 64.8 Å². The van der Waals surface area contributed by atoms with Crippen LogP contribution in [0.2, 0.25) is 0 Å². The predicted molar refractivity (Wildman–Crippen MR) is 113 cm³/mol. The topological polar surface area (TPSA) is 125 Å². The first-order valence-corrected chi connectivity index (χ1v) is 9.50. The first kappa shape index (κ1) is 19.9. The largest absolute Gasteiger partial charge is 0.507 e. The van der Waals surface area contributed by atoms with Gasteiger partial charge in [0.25, 0.3) is 0 Å². The molecule has 2 heterocycles. The third-order valence-corrected chi connectivity index (χ3v) is 4.67. The summed E-state index contributed by atoms with van der Waals surface area (Å²) >= 11 is 0. The van der Waals surface area contributed by atoms with E-state index >= 15 is 0 Å². The number of aliphatic hydroxyl groups is 1. The number of H-pyrrole nitrogens is 1. The zero-order valence-corrected chi connectivity index (χ0v) is 16.8. The van der Waals surface area contributed by atoms with Gasteiger partial charge in [0.2, 0.25) is 5.89 Å². The lowest BCUT2D eigenvalue weighted by molar-refractivity contribution is 0.0326. The monoisotopic (exact) mass is 414 g/mol. The number of nitrogens with zero attached hydrogens (tertiary/aromatic N) is 3. The van der Waals surface area contributed by atoms with E-state index in [1.165, 1.54) is 6.92 Å². The number of aryl methyl sites for hydroxylation is 1. The molecule has 2 N–H and O–H groups in total. The van der Waals surface area contributed by atoms with Crippen molar-refractivity contribution in [2.24, 2.45) is 0 Å². The Morgan fingerprint density at radius 3 is 2.58 bits per heavy atom. The molecule has 154 valence electrons. The van der Waals surface area contributed by atoms with Crippen molar-refractivity contribution in [1.82, 2.24) is 15.0 Å². The molecule has 0 aliphatic heterocycles. The Bertz CT molecular complexity index is 1300. The molecule has 0 saturated heterocycles. The van der Waals surface area contributed by atoms with E-state index in [0.717, 1.165) is 11.1 Å². The van der Waals surface area contributed by atoms with Crippen molar-refractivity contribution in [3.05, 3.63) is 77.6 Å². The van der Waals surface area contributed by atoms with Crippen molar-refractivity contribution in [2.75, 3.05) is 0 Å². The molecule has 0 spiro atoms. The number of aromatic amines is 1. The molecule has 0 saturated carbocycles. The maximum Gasteiger partial charge on any atom is 0.361 e. The minimum absolute atomic E-state index is 0.000692. The zero-order valence-electron chi connectivity index (χ0n) is 16.8. The summed E-state index contributed by atoms with van der Waals surface area (Å²) in [4.78, 5) is 24.1. The highest BCUT2D eigenvalue weighted by Gasteiger charge is 2.25. The van der Waals surface area contributed by atoms with Gasteiger partial charge in [-0.05, 0) is 38.1 Å². The highest BCUT2D eigenvalue weighted by atomic mass is 16.6. The normalized spacial score (nSPS) is 12.8. The number of nitrogens with one attached hydrogen (secondary N) is 1. The highest BCUT2D eigenvalue weighted by molar-refractivity contribution is 5.89. The SMILES string of the molecule is Cc1oc(-c2ccccc2)nc1C(=O)O[C@@H](C)/C(O)=C(\C#N)c1nc2ccccc2[nH]1. The summed E-state index contributed by atoms with van der Waals surface area (Å²) in [7, 11) is 0. The van der Waals surface area contributed by atoms with Gasteiger partial charge in [0.05, 0.1) is 11.0 Å². The van der Waals surface area contributed by atoms with Gasteiger partial charge in [0.1, 0.15) is 17.4 Å². The van der Waals surface area contributed by atoms with Crippen LogP contribution >= 0.6 is 0 Å². The van der Waals surface area contributed by atoms with Gasteiger partial charge in [-0.3, -0.25) is 0 Å². The Morgan fingerprint density at radius 1 is 1.16 bits per heavy atom. The fourth-order valence-corrected chi connectivity index (χ4v) is 3.07. The van der Waals surface area contributed by atoms with E-state index in [-0.39, 0.29) is 28.7 Å². The summed E-state index contributed by atoms with van der Waals surface area (Å²) in [6.45, 7) is 3.06. The van der Waals surface area contributed by atoms with Gasteiger partial charge in [-0.15, -0.1) is 0 Å². The van der Waals surface area contributed by atoms with Gasteiger partial charge < -0.3 is 19.2 Å². The second-order valence-electron chi connectivity index (χ2n) is 6.81. The fraction of sp³-hybridized carbons (Fsp3) is 0.130. The van der Waals surface area contributed by atoms with E-state index in [9.17, 15) is 15.2 Å². The lowest BCUT2D eigenvalue weighted by Gasteiger charge is -2.12. The average Bonchev–Trinajstić information content (AvgIpc) is 3.38. The Hall–Kier alpha value is -4.38. The maximum absolute atomic E-state index is 12.6. The summed E-state index contributed by atoms with van der Waals surface area (Å²) in [5.41, 5.74) is 1.97. The summed E-state index contributed by atoms with van der Waals surface area (Å²) in [5, 5.41) is 20.1. The first-order chi connectivity index (χ1) is 15.0. The molecule has 0 fully saturated rings. The average molecular weight is 414 g/mol. The van der Waals surface area contributed by atoms with Crippen LogP contribution in [0.4, 0.5) is 0 Å². The number of oxazole rings is 1. The van der Waals surface area contributed by atoms with Crippen LogP contribution in [-0.2, 0) is 4.74 Å². The molecule has 8 heteroatoms. The number of imidazole rings is 1. The number of para-hydroxylation sites is 2. The summed E-state index contributed by atoms with van der Waals surface area (Å²) in [6, 6.07) is 18.3. The number of rotatable bonds is 5. The summed E-state index contributed by atoms with van der Waals surface area (Å²) < 4.78 is 10.9. The maximum atomic E-state index is 12.6. The Morgan fingerprint density at radius 2 is 1.87 bits per heavy atom. The molecule has 4 aromatic rings. The number of benzene rings is 2. The first-order valence-electron chi connectivity index (χ1n) is 9.50. The predicted octanol–water partition coefficient (Wildman–Crippen LogP) is 4.56. The van der Waals surface area contributed by atoms with Crippen LogP contribution in [0.3, 0.4) is 0 Å². The number of aliphatic hydroxyl groups excluding tert-OH is 1. The number of nitriles is 1. The number of fused-ring (bicyclic) bond motifs is 1. The number of hydrogen-bond donors (Lipinski definition) is 2. The Labute approximate surface area is 177 Å². The van der Waals surface area contributed by atoms with Gasteiger partial charge in [-0.1, -0.05) is 30.3 Å². The van der Waals surface area contributed by atoms with Crippen molar-refractivity contribution in [3.8, 4) is 17.5 Å². The number of carbonyl (C=O) groups excluding carboxylic acids is 1. The molecule has 31 heavy (non-hydrogen) atoms. The van der Waals surface area contributed by atoms with Gasteiger partial charge >= 0.3 is 5.97 Å². The van der Waals surface area contributed by atoms with Gasteiger partial charge in [-0.25, -0.2) is 14.8 Å². The highest BCUT2D eigenvalue weighted by Crippen LogP contribution is 2.24. The lowest BCUT2D eigenvalue weighted by Crippen LogP contribution is -2.19. The molecule has 0 radical (unpaired) electrons. The van der Waals surface area contributed by atoms with E-state index in [0.29, 0.717) is 5.52 Å². The molecular weight excluding hydrogens is 396 g/mol. The zero-order chi connectivity index (χ0) is 22.0. The van der Waals surface area contributed by atoms with Crippen molar-refractivity contribution >= 4 is 22.6 Å². The molecule has 4 rings (SSSR count). The molecule has 2 aromatic heterocycles. The van der Waals surface area contributed by atoms with E-state index < -0.39 is 17.8 Å². The molecule has 0 bridgehead atoms. The number of aromatic nitrogens is 3. The van der Waals surface area contributed by atoms with Crippen LogP contribution in [-0.4, -0.2) is 32.1 Å². The Kier molecular flexibility index (Phi) is 5.24. The number of allylic oxidation sites excluding steroid dienone is 1. The van der Waals surface area contributed by atoms with E-state index in [4.69, 9.17) is 9.15 Å². The summed E-state index contributed by atoms with van der Waals surface area (Å²) in [5.74, 6) is -0.424. The van der Waals surface area contributed by atoms with Crippen molar-refractivity contribution in [1.29, 1.82) is 5.26 Å². The van der Waals surface area contributed by atoms with Gasteiger partial charge in [0, 0.05) is 5.56 Å². The number of ether oxygens (including phenoxy) is 1. The van der Waals surface area contributed by atoms with E-state index in [1.807, 2.05) is 48.5 Å². The molecular formula is C23H18N4O4. The fourth-order valence-electron chi connectivity index (χ4n) is 3.07. The second kappa shape index (κ2) is 8.16. The summed E-state index contributed by atoms with van der Waals surface area (Å²) in [6.07, 6.45) is -1.10. The van der Waals surface area contributed by atoms with Crippen LogP contribution in [0, 0.1) is 18.3 Å². The van der Waals surface area contributed by atoms with Gasteiger partial charge in [-0.2, -0.15) is 5.26 Å². The molecule has 2 aromatic carbocycles. The van der Waals surface area contributed by atoms with E-state index in [1.54, 1.807) is 19.1 Å². The lowest BCUT2D eigenvalue weighted by atomic mass is 10.1. The number of esters is 1. The van der Waals surface area contributed by atoms with Crippen LogP contribution in [0.5, 0.6) is 0 Å². The molecule has 0 aliphatic rings. The third kappa shape index (κ3) is 3.89. The Balaban J connectivity index is 1.58. The molecule has 1 atom stereocenters. The number of carbonyl (C=O) groups is 1. The third-order valence-electron chi connectivity index (χ3n) is 4.67. The van der Waals surface area contributed by atoms with Crippen molar-refractivity contribution in [3.63, 3.8) is 0 Å². The molecule has 8 nitrogen and oxygen atoms in total. The van der Waals surface area contributed by atoms with Gasteiger partial charge in [0.15, 0.2) is 23.4 Å². The molecule has 0 aliphatic carbocycles. The van der Waals surface area contributed by atoms with Crippen LogP contribution in [0.25, 0.3) is 28.1 Å². The molecule has 0 amide bonds. The second-order valence-corrected chi connectivity index (χ2v) is 6.81. The smallest absolute Gasteiger partial charge is 0.361 e. The molecule has 0 unspecified atom stereocenters.